The van der Waals surface area contributed by atoms with Gasteiger partial charge in [0.1, 0.15) is 18.5 Å². The number of aliphatic hydroxyl groups excluding tert-OH is 1. The van der Waals surface area contributed by atoms with Crippen LogP contribution >= 0.6 is 0 Å². The van der Waals surface area contributed by atoms with Crippen LogP contribution in [-0.2, 0) is 4.74 Å². The molecule has 0 aliphatic heterocycles. The second kappa shape index (κ2) is 5.47. The van der Waals surface area contributed by atoms with E-state index in [9.17, 15) is 5.11 Å². The predicted octanol–water partition coefficient (Wildman–Crippen LogP) is 0.655. The van der Waals surface area contributed by atoms with E-state index in [0.29, 0.717) is 11.4 Å². The summed E-state index contributed by atoms with van der Waals surface area (Å²) >= 11 is 0. The quantitative estimate of drug-likeness (QED) is 0.680. The van der Waals surface area contributed by atoms with Crippen LogP contribution in [0.15, 0.2) is 24.3 Å². The van der Waals surface area contributed by atoms with Gasteiger partial charge in [0.05, 0.1) is 6.61 Å². The number of hydrogen-bond donors (Lipinski definition) is 2. The van der Waals surface area contributed by atoms with Gasteiger partial charge < -0.3 is 20.3 Å². The Morgan fingerprint density at radius 1 is 1.43 bits per heavy atom. The van der Waals surface area contributed by atoms with Crippen molar-refractivity contribution in [1.29, 1.82) is 0 Å². The highest BCUT2D eigenvalue weighted by atomic mass is 16.5. The van der Waals surface area contributed by atoms with E-state index in [2.05, 4.69) is 0 Å². The van der Waals surface area contributed by atoms with Crippen LogP contribution in [0.25, 0.3) is 0 Å². The van der Waals surface area contributed by atoms with Crippen LogP contribution in [0.3, 0.4) is 0 Å². The molecule has 0 aliphatic rings. The standard InChI is InChI=1S/C10H15NO3/c1-13-6-9(12)7-14-10-4-2-3-8(11)5-10/h2-5,9,12H,6-7,11H2,1H3. The van der Waals surface area contributed by atoms with E-state index in [1.165, 1.54) is 7.11 Å². The molecule has 78 valence electrons. The van der Waals surface area contributed by atoms with Crippen LogP contribution in [0.2, 0.25) is 0 Å². The zero-order valence-corrected chi connectivity index (χ0v) is 8.14. The van der Waals surface area contributed by atoms with Gasteiger partial charge in [-0.05, 0) is 12.1 Å². The van der Waals surface area contributed by atoms with Crippen LogP contribution in [0.5, 0.6) is 5.75 Å². The molecule has 1 rings (SSSR count). The molecule has 0 saturated heterocycles. The van der Waals surface area contributed by atoms with Gasteiger partial charge in [-0.25, -0.2) is 0 Å². The van der Waals surface area contributed by atoms with Crippen molar-refractivity contribution in [3.8, 4) is 5.75 Å². The summed E-state index contributed by atoms with van der Waals surface area (Å²) in [5.74, 6) is 0.653. The number of hydrogen-bond acceptors (Lipinski definition) is 4. The highest BCUT2D eigenvalue weighted by Gasteiger charge is 2.03. The minimum Gasteiger partial charge on any atom is -0.491 e. The lowest BCUT2D eigenvalue weighted by molar-refractivity contribution is 0.0325. The van der Waals surface area contributed by atoms with Crippen molar-refractivity contribution in [2.24, 2.45) is 0 Å². The third kappa shape index (κ3) is 3.64. The Labute approximate surface area is 83.3 Å². The summed E-state index contributed by atoms with van der Waals surface area (Å²) in [5, 5.41) is 9.30. The Balaban J connectivity index is 2.37. The Morgan fingerprint density at radius 2 is 2.21 bits per heavy atom. The van der Waals surface area contributed by atoms with Gasteiger partial charge in [0, 0.05) is 18.9 Å². The lowest BCUT2D eigenvalue weighted by Crippen LogP contribution is -2.22. The van der Waals surface area contributed by atoms with Crippen LogP contribution in [0.4, 0.5) is 5.69 Å². The summed E-state index contributed by atoms with van der Waals surface area (Å²) < 4.78 is 10.1. The maximum absolute atomic E-state index is 9.30. The predicted molar refractivity (Wildman–Crippen MR) is 54.2 cm³/mol. The first-order valence-corrected chi connectivity index (χ1v) is 4.37. The lowest BCUT2D eigenvalue weighted by atomic mass is 10.3. The van der Waals surface area contributed by atoms with Gasteiger partial charge in [0.25, 0.3) is 0 Å². The summed E-state index contributed by atoms with van der Waals surface area (Å²) in [6.07, 6.45) is -0.610. The Kier molecular flexibility index (Phi) is 4.22. The van der Waals surface area contributed by atoms with Crippen molar-refractivity contribution >= 4 is 5.69 Å². The molecule has 1 unspecified atom stereocenters. The minimum absolute atomic E-state index is 0.206. The fraction of sp³-hybridized carbons (Fsp3) is 0.400. The molecular formula is C10H15NO3. The highest BCUT2D eigenvalue weighted by Crippen LogP contribution is 2.14. The fourth-order valence-corrected chi connectivity index (χ4v) is 1.04. The summed E-state index contributed by atoms with van der Waals surface area (Å²) in [6.45, 7) is 0.472. The van der Waals surface area contributed by atoms with E-state index in [4.69, 9.17) is 15.2 Å². The van der Waals surface area contributed by atoms with Crippen molar-refractivity contribution in [2.45, 2.75) is 6.10 Å². The van der Waals surface area contributed by atoms with Crippen molar-refractivity contribution < 1.29 is 14.6 Å². The fourth-order valence-electron chi connectivity index (χ4n) is 1.04. The number of nitrogens with two attached hydrogens (primary N) is 1. The zero-order chi connectivity index (χ0) is 10.4. The summed E-state index contributed by atoms with van der Waals surface area (Å²) in [4.78, 5) is 0. The number of methoxy groups -OCH3 is 1. The number of rotatable bonds is 5. The molecule has 1 atom stereocenters. The van der Waals surface area contributed by atoms with Crippen LogP contribution in [0, 0.1) is 0 Å². The average molecular weight is 197 g/mol. The number of benzene rings is 1. The molecule has 14 heavy (non-hydrogen) atoms. The number of nitrogen functional groups attached to an aromatic ring is 1. The van der Waals surface area contributed by atoms with Crippen molar-refractivity contribution in [3.05, 3.63) is 24.3 Å². The number of ether oxygens (including phenoxy) is 2. The third-order valence-corrected chi connectivity index (χ3v) is 1.66. The molecule has 1 aromatic rings. The summed E-state index contributed by atoms with van der Waals surface area (Å²) in [5.41, 5.74) is 6.20. The molecule has 0 amide bonds. The highest BCUT2D eigenvalue weighted by molar-refractivity contribution is 5.43. The molecule has 0 spiro atoms. The van der Waals surface area contributed by atoms with E-state index in [-0.39, 0.29) is 13.2 Å². The summed E-state index contributed by atoms with van der Waals surface area (Å²) in [6, 6.07) is 7.07. The second-order valence-electron chi connectivity index (χ2n) is 2.99. The Morgan fingerprint density at radius 3 is 2.86 bits per heavy atom. The SMILES string of the molecule is COCC(O)COc1cccc(N)c1. The molecule has 1 aromatic carbocycles. The van der Waals surface area contributed by atoms with Gasteiger partial charge in [-0.15, -0.1) is 0 Å². The van der Waals surface area contributed by atoms with Crippen LogP contribution < -0.4 is 10.5 Å². The molecule has 0 radical (unpaired) electrons. The van der Waals surface area contributed by atoms with E-state index in [1.54, 1.807) is 24.3 Å². The Bertz CT molecular complexity index is 278. The van der Waals surface area contributed by atoms with Crippen molar-refractivity contribution in [3.63, 3.8) is 0 Å². The molecule has 0 aromatic heterocycles. The van der Waals surface area contributed by atoms with E-state index in [1.807, 2.05) is 0 Å². The van der Waals surface area contributed by atoms with Gasteiger partial charge in [-0.3, -0.25) is 0 Å². The van der Waals surface area contributed by atoms with E-state index < -0.39 is 6.10 Å². The number of aliphatic hydroxyl groups is 1. The monoisotopic (exact) mass is 197 g/mol. The molecule has 0 fully saturated rings. The van der Waals surface area contributed by atoms with Crippen molar-refractivity contribution in [2.75, 3.05) is 26.1 Å². The van der Waals surface area contributed by atoms with Gasteiger partial charge >= 0.3 is 0 Å². The molecule has 0 aliphatic carbocycles. The topological polar surface area (TPSA) is 64.7 Å². The maximum Gasteiger partial charge on any atom is 0.121 e. The first-order valence-electron chi connectivity index (χ1n) is 4.37. The van der Waals surface area contributed by atoms with Gasteiger partial charge in [-0.2, -0.15) is 0 Å². The van der Waals surface area contributed by atoms with Crippen LogP contribution in [0.1, 0.15) is 0 Å². The average Bonchev–Trinajstić information content (AvgIpc) is 2.15. The van der Waals surface area contributed by atoms with Gasteiger partial charge in [-0.1, -0.05) is 6.07 Å². The molecule has 0 saturated carbocycles. The molecule has 3 N–H and O–H groups in total. The zero-order valence-electron chi connectivity index (χ0n) is 8.14. The molecular weight excluding hydrogens is 182 g/mol. The number of anilines is 1. The molecule has 4 nitrogen and oxygen atoms in total. The van der Waals surface area contributed by atoms with E-state index >= 15 is 0 Å². The third-order valence-electron chi connectivity index (χ3n) is 1.66. The van der Waals surface area contributed by atoms with Crippen LogP contribution in [-0.4, -0.2) is 31.5 Å². The minimum atomic E-state index is -0.610. The second-order valence-corrected chi connectivity index (χ2v) is 2.99. The molecule has 4 heteroatoms. The normalized spacial score (nSPS) is 12.4. The summed E-state index contributed by atoms with van der Waals surface area (Å²) in [7, 11) is 1.53. The lowest BCUT2D eigenvalue weighted by Gasteiger charge is -2.11. The first-order chi connectivity index (χ1) is 6.72. The van der Waals surface area contributed by atoms with Gasteiger partial charge in [0.15, 0.2) is 0 Å². The Hall–Kier alpha value is -1.26. The van der Waals surface area contributed by atoms with Gasteiger partial charge in [0.2, 0.25) is 0 Å². The van der Waals surface area contributed by atoms with E-state index in [0.717, 1.165) is 0 Å². The molecule has 0 bridgehead atoms. The maximum atomic E-state index is 9.30. The smallest absolute Gasteiger partial charge is 0.121 e. The largest absolute Gasteiger partial charge is 0.491 e. The van der Waals surface area contributed by atoms with Crippen molar-refractivity contribution in [1.82, 2.24) is 0 Å². The molecule has 0 heterocycles. The first kappa shape index (κ1) is 10.8.